The van der Waals surface area contributed by atoms with Crippen molar-refractivity contribution >= 4 is 0 Å². The Balaban J connectivity index is 1.88. The van der Waals surface area contributed by atoms with Crippen molar-refractivity contribution in [2.45, 2.75) is 51.6 Å². The number of ether oxygens (including phenoxy) is 3. The summed E-state index contributed by atoms with van der Waals surface area (Å²) in [5, 5.41) is 0. The summed E-state index contributed by atoms with van der Waals surface area (Å²) >= 11 is 0. The zero-order valence-corrected chi connectivity index (χ0v) is 13.6. The predicted molar refractivity (Wildman–Crippen MR) is 86.8 cm³/mol. The van der Waals surface area contributed by atoms with E-state index >= 15 is 0 Å². The molecule has 0 amide bonds. The van der Waals surface area contributed by atoms with E-state index in [-0.39, 0.29) is 0 Å². The van der Waals surface area contributed by atoms with E-state index in [2.05, 4.69) is 12.1 Å². The molecule has 1 aromatic rings. The fraction of sp³-hybridized carbons (Fsp3) is 0.667. The molecule has 0 aromatic heterocycles. The van der Waals surface area contributed by atoms with Gasteiger partial charge < -0.3 is 14.2 Å². The minimum Gasteiger partial charge on any atom is -0.497 e. The first-order valence-corrected chi connectivity index (χ1v) is 8.06. The third kappa shape index (κ3) is 9.48. The lowest BCUT2D eigenvalue weighted by atomic mass is 10.1. The minimum atomic E-state index is 0.695. The molecule has 0 saturated heterocycles. The molecule has 1 aromatic carbocycles. The maximum atomic E-state index is 5.70. The molecule has 0 fully saturated rings. The second-order valence-corrected chi connectivity index (χ2v) is 5.37. The van der Waals surface area contributed by atoms with Crippen molar-refractivity contribution in [3.63, 3.8) is 0 Å². The Hall–Kier alpha value is -1.06. The van der Waals surface area contributed by atoms with E-state index in [1.54, 1.807) is 14.2 Å². The van der Waals surface area contributed by atoms with Gasteiger partial charge >= 0.3 is 0 Å². The highest BCUT2D eigenvalue weighted by atomic mass is 16.5. The quantitative estimate of drug-likeness (QED) is 0.498. The Morgan fingerprint density at radius 3 is 1.86 bits per heavy atom. The molecule has 0 unspecified atom stereocenters. The Kier molecular flexibility index (Phi) is 10.8. The summed E-state index contributed by atoms with van der Waals surface area (Å²) in [7, 11) is 3.45. The fourth-order valence-corrected chi connectivity index (χ4v) is 2.25. The fourth-order valence-electron chi connectivity index (χ4n) is 2.25. The molecule has 0 N–H and O–H groups in total. The lowest BCUT2D eigenvalue weighted by Crippen LogP contribution is -1.96. The van der Waals surface area contributed by atoms with Crippen LogP contribution in [0, 0.1) is 0 Å². The van der Waals surface area contributed by atoms with E-state index in [4.69, 9.17) is 14.2 Å². The van der Waals surface area contributed by atoms with Crippen molar-refractivity contribution in [2.24, 2.45) is 0 Å². The molecule has 0 radical (unpaired) electrons. The maximum Gasteiger partial charge on any atom is 0.118 e. The highest BCUT2D eigenvalue weighted by molar-refractivity contribution is 5.26. The number of unbranched alkanes of at least 4 members (excludes halogenated alkanes) is 6. The van der Waals surface area contributed by atoms with Crippen molar-refractivity contribution in [3.8, 4) is 5.75 Å². The van der Waals surface area contributed by atoms with Crippen LogP contribution in [0.15, 0.2) is 24.3 Å². The number of hydrogen-bond donors (Lipinski definition) is 0. The molecule has 21 heavy (non-hydrogen) atoms. The minimum absolute atomic E-state index is 0.695. The molecule has 0 aliphatic heterocycles. The van der Waals surface area contributed by atoms with Crippen LogP contribution in [0.5, 0.6) is 5.75 Å². The van der Waals surface area contributed by atoms with Crippen molar-refractivity contribution < 1.29 is 14.2 Å². The smallest absolute Gasteiger partial charge is 0.118 e. The summed E-state index contributed by atoms with van der Waals surface area (Å²) in [6, 6.07) is 8.06. The number of benzene rings is 1. The van der Waals surface area contributed by atoms with Gasteiger partial charge in [-0.15, -0.1) is 0 Å². The molecule has 3 heteroatoms. The first kappa shape index (κ1) is 18.0. The maximum absolute atomic E-state index is 5.70. The summed E-state index contributed by atoms with van der Waals surface area (Å²) in [6.45, 7) is 2.45. The number of hydrogen-bond acceptors (Lipinski definition) is 3. The topological polar surface area (TPSA) is 27.7 Å². The van der Waals surface area contributed by atoms with Gasteiger partial charge in [-0.25, -0.2) is 0 Å². The van der Waals surface area contributed by atoms with Crippen LogP contribution >= 0.6 is 0 Å². The van der Waals surface area contributed by atoms with Gasteiger partial charge in [0.15, 0.2) is 0 Å². The molecule has 1 rings (SSSR count). The molecular formula is C18H30O3. The normalized spacial score (nSPS) is 10.8. The molecule has 0 atom stereocenters. The molecule has 0 heterocycles. The van der Waals surface area contributed by atoms with Crippen molar-refractivity contribution in [3.05, 3.63) is 29.8 Å². The second kappa shape index (κ2) is 12.7. The highest BCUT2D eigenvalue weighted by Gasteiger charge is 1.96. The lowest BCUT2D eigenvalue weighted by Gasteiger charge is -2.06. The van der Waals surface area contributed by atoms with E-state index in [1.807, 2.05) is 12.1 Å². The largest absolute Gasteiger partial charge is 0.497 e. The Labute approximate surface area is 129 Å². The molecular weight excluding hydrogens is 264 g/mol. The first-order chi connectivity index (χ1) is 10.4. The van der Waals surface area contributed by atoms with Crippen LogP contribution in [0.2, 0.25) is 0 Å². The van der Waals surface area contributed by atoms with E-state index in [9.17, 15) is 0 Å². The Morgan fingerprint density at radius 2 is 1.29 bits per heavy atom. The lowest BCUT2D eigenvalue weighted by molar-refractivity contribution is 0.116. The molecule has 0 saturated carbocycles. The van der Waals surface area contributed by atoms with Crippen LogP contribution in [0.1, 0.15) is 50.5 Å². The van der Waals surface area contributed by atoms with Crippen LogP contribution in [0.3, 0.4) is 0 Å². The summed E-state index contributed by atoms with van der Waals surface area (Å²) in [6.07, 6.45) is 8.90. The summed E-state index contributed by atoms with van der Waals surface area (Å²) < 4.78 is 15.9. The van der Waals surface area contributed by atoms with Crippen LogP contribution < -0.4 is 4.74 Å². The highest BCUT2D eigenvalue weighted by Crippen LogP contribution is 2.12. The van der Waals surface area contributed by atoms with Gasteiger partial charge in [0.1, 0.15) is 5.75 Å². The van der Waals surface area contributed by atoms with Gasteiger partial charge in [0.2, 0.25) is 0 Å². The van der Waals surface area contributed by atoms with Crippen molar-refractivity contribution in [2.75, 3.05) is 27.4 Å². The van der Waals surface area contributed by atoms with E-state index in [0.717, 1.165) is 25.4 Å². The SMILES string of the molecule is COCCCCCCCCCOCc1ccc(OC)cc1. The first-order valence-electron chi connectivity index (χ1n) is 8.06. The van der Waals surface area contributed by atoms with Gasteiger partial charge in [0, 0.05) is 20.3 Å². The molecule has 0 aliphatic carbocycles. The summed E-state index contributed by atoms with van der Waals surface area (Å²) in [5.41, 5.74) is 1.20. The van der Waals surface area contributed by atoms with Crippen LogP contribution in [0.4, 0.5) is 0 Å². The van der Waals surface area contributed by atoms with Gasteiger partial charge in [-0.2, -0.15) is 0 Å². The molecule has 0 bridgehead atoms. The predicted octanol–water partition coefficient (Wildman–Crippen LogP) is 4.59. The molecule has 120 valence electrons. The van der Waals surface area contributed by atoms with Crippen LogP contribution in [0.25, 0.3) is 0 Å². The number of rotatable bonds is 13. The van der Waals surface area contributed by atoms with Gasteiger partial charge in [-0.05, 0) is 30.5 Å². The zero-order valence-electron chi connectivity index (χ0n) is 13.6. The third-order valence-corrected chi connectivity index (χ3v) is 3.56. The Bertz CT molecular complexity index is 335. The average Bonchev–Trinajstić information content (AvgIpc) is 2.53. The summed E-state index contributed by atoms with van der Waals surface area (Å²) in [5.74, 6) is 0.893. The van der Waals surface area contributed by atoms with E-state index < -0.39 is 0 Å². The van der Waals surface area contributed by atoms with Crippen molar-refractivity contribution in [1.82, 2.24) is 0 Å². The average molecular weight is 294 g/mol. The van der Waals surface area contributed by atoms with E-state index in [1.165, 1.54) is 44.1 Å². The van der Waals surface area contributed by atoms with E-state index in [0.29, 0.717) is 6.61 Å². The standard InChI is InChI=1S/C18H30O3/c1-19-14-8-6-4-3-5-7-9-15-21-16-17-10-12-18(20-2)13-11-17/h10-13H,3-9,14-16H2,1-2H3. The molecule has 0 spiro atoms. The Morgan fingerprint density at radius 1 is 0.714 bits per heavy atom. The van der Waals surface area contributed by atoms with Gasteiger partial charge in [0.05, 0.1) is 13.7 Å². The van der Waals surface area contributed by atoms with Gasteiger partial charge in [-0.3, -0.25) is 0 Å². The molecule has 3 nitrogen and oxygen atoms in total. The molecule has 0 aliphatic rings. The zero-order chi connectivity index (χ0) is 15.2. The number of methoxy groups -OCH3 is 2. The monoisotopic (exact) mass is 294 g/mol. The van der Waals surface area contributed by atoms with Crippen LogP contribution in [-0.2, 0) is 16.1 Å². The van der Waals surface area contributed by atoms with Gasteiger partial charge in [-0.1, -0.05) is 44.2 Å². The van der Waals surface area contributed by atoms with Crippen LogP contribution in [-0.4, -0.2) is 27.4 Å². The summed E-state index contributed by atoms with van der Waals surface area (Å²) in [4.78, 5) is 0. The van der Waals surface area contributed by atoms with Crippen molar-refractivity contribution in [1.29, 1.82) is 0 Å². The second-order valence-electron chi connectivity index (χ2n) is 5.37. The third-order valence-electron chi connectivity index (χ3n) is 3.56. The van der Waals surface area contributed by atoms with Gasteiger partial charge in [0.25, 0.3) is 0 Å².